The molecule has 9 heteroatoms. The average molecular weight is 387 g/mol. The van der Waals surface area contributed by atoms with Gasteiger partial charge in [-0.15, -0.1) is 23.7 Å². The molecule has 0 radical (unpaired) electrons. The van der Waals surface area contributed by atoms with Crippen LogP contribution in [0.1, 0.15) is 28.0 Å². The molecule has 2 aromatic rings. The van der Waals surface area contributed by atoms with Crippen molar-refractivity contribution >= 4 is 35.6 Å². The molecule has 6 nitrogen and oxygen atoms in total. The predicted molar refractivity (Wildman–Crippen MR) is 97.1 cm³/mol. The van der Waals surface area contributed by atoms with E-state index in [-0.39, 0.29) is 49.7 Å². The molecule has 0 aliphatic carbocycles. The van der Waals surface area contributed by atoms with Crippen molar-refractivity contribution in [3.05, 3.63) is 51.7 Å². The summed E-state index contributed by atoms with van der Waals surface area (Å²) in [7, 11) is 0. The average Bonchev–Trinajstić information content (AvgIpc) is 3.07. The Morgan fingerprint density at radius 1 is 1.32 bits per heavy atom. The molecule has 25 heavy (non-hydrogen) atoms. The van der Waals surface area contributed by atoms with E-state index < -0.39 is 0 Å². The van der Waals surface area contributed by atoms with Gasteiger partial charge in [-0.05, 0) is 24.6 Å². The van der Waals surface area contributed by atoms with Gasteiger partial charge in [0.05, 0.1) is 6.54 Å². The first-order valence-electron chi connectivity index (χ1n) is 7.48. The molecule has 2 rings (SSSR count). The van der Waals surface area contributed by atoms with Crippen molar-refractivity contribution in [3.63, 3.8) is 0 Å². The van der Waals surface area contributed by atoms with Gasteiger partial charge >= 0.3 is 0 Å². The minimum Gasteiger partial charge on any atom is -0.350 e. The van der Waals surface area contributed by atoms with Crippen molar-refractivity contribution < 1.29 is 14.0 Å². The van der Waals surface area contributed by atoms with Crippen molar-refractivity contribution in [2.45, 2.75) is 20.0 Å². The minimum absolute atomic E-state index is 0. The molecule has 0 saturated carbocycles. The lowest BCUT2D eigenvalue weighted by Gasteiger charge is -2.19. The minimum atomic E-state index is -0.326. The molecule has 0 unspecified atom stereocenters. The van der Waals surface area contributed by atoms with E-state index in [0.29, 0.717) is 17.2 Å². The fourth-order valence-electron chi connectivity index (χ4n) is 2.02. The molecule has 0 bridgehead atoms. The highest BCUT2D eigenvalue weighted by Crippen LogP contribution is 2.11. The maximum Gasteiger partial charge on any atom is 0.273 e. The third-order valence-corrected chi connectivity index (χ3v) is 4.22. The van der Waals surface area contributed by atoms with Crippen LogP contribution in [-0.4, -0.2) is 34.8 Å². The molecule has 0 atom stereocenters. The van der Waals surface area contributed by atoms with Crippen LogP contribution in [-0.2, 0) is 17.9 Å². The second kappa shape index (κ2) is 10.1. The number of nitrogens with two attached hydrogens (primary N) is 1. The van der Waals surface area contributed by atoms with E-state index in [4.69, 9.17) is 5.73 Å². The molecule has 0 aliphatic rings. The van der Waals surface area contributed by atoms with Crippen molar-refractivity contribution in [1.29, 1.82) is 0 Å². The van der Waals surface area contributed by atoms with Gasteiger partial charge in [0.25, 0.3) is 5.91 Å². The Kier molecular flexibility index (Phi) is 8.47. The summed E-state index contributed by atoms with van der Waals surface area (Å²) in [6.45, 7) is 2.67. The van der Waals surface area contributed by atoms with E-state index >= 15 is 0 Å². The Bertz CT molecular complexity index is 708. The quantitative estimate of drug-likeness (QED) is 0.761. The molecule has 0 aliphatic heterocycles. The van der Waals surface area contributed by atoms with Crippen LogP contribution < -0.4 is 11.1 Å². The van der Waals surface area contributed by atoms with Crippen LogP contribution in [0.5, 0.6) is 0 Å². The number of benzene rings is 1. The van der Waals surface area contributed by atoms with Gasteiger partial charge in [0.15, 0.2) is 0 Å². The molecule has 1 aromatic carbocycles. The molecule has 3 N–H and O–H groups in total. The molecular formula is C16H20ClFN4O2S. The Morgan fingerprint density at radius 2 is 2.00 bits per heavy atom. The van der Waals surface area contributed by atoms with Gasteiger partial charge in [0.1, 0.15) is 16.5 Å². The third-order valence-electron chi connectivity index (χ3n) is 3.35. The molecule has 0 spiro atoms. The number of thiazole rings is 1. The van der Waals surface area contributed by atoms with Crippen LogP contribution in [0.15, 0.2) is 29.6 Å². The highest BCUT2D eigenvalue weighted by Gasteiger charge is 2.19. The Morgan fingerprint density at radius 3 is 2.56 bits per heavy atom. The first-order valence-corrected chi connectivity index (χ1v) is 8.36. The molecular weight excluding hydrogens is 367 g/mol. The summed E-state index contributed by atoms with van der Waals surface area (Å²) in [5.41, 5.74) is 6.58. The van der Waals surface area contributed by atoms with E-state index in [2.05, 4.69) is 10.3 Å². The van der Waals surface area contributed by atoms with Gasteiger partial charge in [-0.2, -0.15) is 0 Å². The van der Waals surface area contributed by atoms with Gasteiger partial charge in [-0.3, -0.25) is 9.59 Å². The number of carbonyl (C=O) groups excluding carboxylic acids is 2. The van der Waals surface area contributed by atoms with E-state index in [9.17, 15) is 14.0 Å². The number of halogens is 2. The number of nitrogens with one attached hydrogen (secondary N) is 1. The highest BCUT2D eigenvalue weighted by molar-refractivity contribution is 7.09. The van der Waals surface area contributed by atoms with Crippen molar-refractivity contribution in [2.75, 3.05) is 13.1 Å². The maximum atomic E-state index is 12.8. The van der Waals surface area contributed by atoms with E-state index in [1.807, 2.05) is 0 Å². The highest BCUT2D eigenvalue weighted by atomic mass is 35.5. The molecule has 136 valence electrons. The monoisotopic (exact) mass is 386 g/mol. The lowest BCUT2D eigenvalue weighted by atomic mass is 10.2. The van der Waals surface area contributed by atoms with Gasteiger partial charge in [0, 0.05) is 25.0 Å². The molecule has 0 fully saturated rings. The summed E-state index contributed by atoms with van der Waals surface area (Å²) in [6, 6.07) is 5.87. The van der Waals surface area contributed by atoms with Crippen LogP contribution >= 0.6 is 23.7 Å². The topological polar surface area (TPSA) is 88.3 Å². The zero-order valence-electron chi connectivity index (χ0n) is 13.7. The summed E-state index contributed by atoms with van der Waals surface area (Å²) in [6.07, 6.45) is 0. The second-order valence-corrected chi connectivity index (χ2v) is 6.00. The number of rotatable bonds is 7. The molecule has 0 saturated heterocycles. The molecule has 1 heterocycles. The van der Waals surface area contributed by atoms with Crippen LogP contribution in [0.3, 0.4) is 0 Å². The van der Waals surface area contributed by atoms with E-state index in [0.717, 1.165) is 5.56 Å². The fraction of sp³-hybridized carbons (Fsp3) is 0.312. The first-order chi connectivity index (χ1) is 11.5. The number of aromatic nitrogens is 1. The van der Waals surface area contributed by atoms with Crippen molar-refractivity contribution in [1.82, 2.24) is 15.2 Å². The lowest BCUT2D eigenvalue weighted by Crippen LogP contribution is -2.40. The normalized spacial score (nSPS) is 10.0. The summed E-state index contributed by atoms with van der Waals surface area (Å²) in [4.78, 5) is 29.9. The number of amides is 2. The Hall–Kier alpha value is -2.03. The Balaban J connectivity index is 0.00000312. The second-order valence-electron chi connectivity index (χ2n) is 5.05. The van der Waals surface area contributed by atoms with Crippen LogP contribution in [0.25, 0.3) is 0 Å². The Labute approximate surface area is 155 Å². The van der Waals surface area contributed by atoms with Gasteiger partial charge in [-0.1, -0.05) is 12.1 Å². The fourth-order valence-corrected chi connectivity index (χ4v) is 2.67. The molecule has 2 amide bonds. The lowest BCUT2D eigenvalue weighted by molar-refractivity contribution is -0.121. The first kappa shape index (κ1) is 21.0. The summed E-state index contributed by atoms with van der Waals surface area (Å²) in [5, 5.41) is 5.03. The zero-order chi connectivity index (χ0) is 17.5. The SMILES string of the molecule is CCN(CC(=O)NCc1ccc(F)cc1)C(=O)c1csc(CN)n1.Cl. The summed E-state index contributed by atoms with van der Waals surface area (Å²) >= 11 is 1.32. The standard InChI is InChI=1S/C16H19FN4O2S.ClH/c1-2-21(16(23)13-10-24-15(7-18)20-13)9-14(22)19-8-11-3-5-12(17)6-4-11;/h3-6,10H,2,7-9,18H2,1H3,(H,19,22);1H. The number of hydrogen-bond donors (Lipinski definition) is 2. The van der Waals surface area contributed by atoms with Crippen LogP contribution in [0.2, 0.25) is 0 Å². The maximum absolute atomic E-state index is 12.8. The third kappa shape index (κ3) is 6.08. The summed E-state index contributed by atoms with van der Waals surface area (Å²) < 4.78 is 12.8. The van der Waals surface area contributed by atoms with Crippen molar-refractivity contribution in [3.8, 4) is 0 Å². The summed E-state index contributed by atoms with van der Waals surface area (Å²) in [5.74, 6) is -0.915. The zero-order valence-corrected chi connectivity index (χ0v) is 15.3. The van der Waals surface area contributed by atoms with E-state index in [1.165, 1.54) is 28.4 Å². The van der Waals surface area contributed by atoms with E-state index in [1.54, 1.807) is 24.4 Å². The van der Waals surface area contributed by atoms with Gasteiger partial charge in [-0.25, -0.2) is 9.37 Å². The van der Waals surface area contributed by atoms with Crippen LogP contribution in [0.4, 0.5) is 4.39 Å². The number of nitrogens with zero attached hydrogens (tertiary/aromatic N) is 2. The number of hydrogen-bond acceptors (Lipinski definition) is 5. The van der Waals surface area contributed by atoms with Gasteiger partial charge < -0.3 is 16.0 Å². The largest absolute Gasteiger partial charge is 0.350 e. The smallest absolute Gasteiger partial charge is 0.273 e. The predicted octanol–water partition coefficient (Wildman–Crippen LogP) is 1.94. The van der Waals surface area contributed by atoms with Gasteiger partial charge in [0.2, 0.25) is 5.91 Å². The number of carbonyl (C=O) groups is 2. The number of likely N-dealkylation sites (N-methyl/N-ethyl adjacent to an activating group) is 1. The molecule has 1 aromatic heterocycles. The van der Waals surface area contributed by atoms with Crippen molar-refractivity contribution in [2.24, 2.45) is 5.73 Å². The van der Waals surface area contributed by atoms with Crippen LogP contribution in [0, 0.1) is 5.82 Å².